The van der Waals surface area contributed by atoms with Crippen molar-refractivity contribution >= 4 is 29.1 Å². The Morgan fingerprint density at radius 3 is 3.00 bits per heavy atom. The van der Waals surface area contributed by atoms with Crippen LogP contribution in [0.25, 0.3) is 11.6 Å². The van der Waals surface area contributed by atoms with E-state index in [1.54, 1.807) is 12.1 Å². The number of piperazine rings is 1. The van der Waals surface area contributed by atoms with Crippen molar-refractivity contribution in [1.29, 1.82) is 0 Å². The van der Waals surface area contributed by atoms with Crippen LogP contribution in [-0.4, -0.2) is 61.1 Å². The van der Waals surface area contributed by atoms with Crippen molar-refractivity contribution in [2.24, 2.45) is 0 Å². The van der Waals surface area contributed by atoms with Gasteiger partial charge in [0.2, 0.25) is 11.6 Å². The molecule has 10 nitrogen and oxygen atoms in total. The molecule has 2 aliphatic heterocycles. The van der Waals surface area contributed by atoms with Crippen molar-refractivity contribution in [2.45, 2.75) is 31.5 Å². The second-order valence-electron chi connectivity index (χ2n) is 7.78. The Morgan fingerprint density at radius 2 is 2.27 bits per heavy atom. The summed E-state index contributed by atoms with van der Waals surface area (Å²) in [5, 5.41) is 25.0. The Hall–Kier alpha value is -3.21. The Bertz CT molecular complexity index is 1130. The van der Waals surface area contributed by atoms with E-state index in [2.05, 4.69) is 37.3 Å². The Labute approximate surface area is 174 Å². The van der Waals surface area contributed by atoms with E-state index in [4.69, 9.17) is 21.2 Å². The van der Waals surface area contributed by atoms with E-state index in [9.17, 15) is 9.18 Å². The van der Waals surface area contributed by atoms with Crippen LogP contribution >= 0.6 is 11.6 Å². The van der Waals surface area contributed by atoms with Crippen LogP contribution < -0.4 is 9.80 Å². The van der Waals surface area contributed by atoms with Gasteiger partial charge in [-0.3, -0.25) is 4.79 Å². The summed E-state index contributed by atoms with van der Waals surface area (Å²) in [6.45, 7) is 3.07. The second-order valence-corrected chi connectivity index (χ2v) is 8.18. The Morgan fingerprint density at radius 1 is 1.43 bits per heavy atom. The molecule has 2 bridgehead atoms. The molecule has 2 saturated heterocycles. The highest BCUT2D eigenvalue weighted by atomic mass is 35.5. The molecule has 0 radical (unpaired) electrons. The molecule has 0 amide bonds. The molecule has 2 aliphatic rings. The van der Waals surface area contributed by atoms with Gasteiger partial charge in [0.05, 0.1) is 16.2 Å². The number of carboxylic acid groups (broad SMARTS) is 1. The lowest BCUT2D eigenvalue weighted by molar-refractivity contribution is -0.138. The fraction of sp³-hybridized carbons (Fsp3) is 0.389. The minimum atomic E-state index is -1.07. The van der Waals surface area contributed by atoms with Crippen molar-refractivity contribution < 1.29 is 18.8 Å². The van der Waals surface area contributed by atoms with Crippen LogP contribution in [0.5, 0.6) is 0 Å². The minimum Gasteiger partial charge on any atom is -0.480 e. The molecule has 1 aromatic carbocycles. The van der Waals surface area contributed by atoms with Crippen LogP contribution in [-0.2, 0) is 11.3 Å². The predicted octanol–water partition coefficient (Wildman–Crippen LogP) is 2.06. The van der Waals surface area contributed by atoms with Gasteiger partial charge in [-0.05, 0) is 36.8 Å². The van der Waals surface area contributed by atoms with E-state index in [-0.39, 0.29) is 23.2 Å². The summed E-state index contributed by atoms with van der Waals surface area (Å²) in [7, 11) is 0. The molecule has 12 heteroatoms. The number of hydrogen-bond acceptors (Lipinski definition) is 8. The molecule has 5 rings (SSSR count). The zero-order valence-electron chi connectivity index (χ0n) is 15.9. The van der Waals surface area contributed by atoms with Gasteiger partial charge in [-0.15, -0.1) is 10.2 Å². The first kappa shape index (κ1) is 18.8. The summed E-state index contributed by atoms with van der Waals surface area (Å²) in [5.74, 6) is -0.282. The first-order valence-corrected chi connectivity index (χ1v) is 9.66. The summed E-state index contributed by atoms with van der Waals surface area (Å²) in [6.07, 6.45) is 0.870. The SMILES string of the molecule is CC12CC(CN1c1cc(-c3nnn(CC(=O)O)n3)on1)N(c1cc(F)ccc1Cl)C2. The van der Waals surface area contributed by atoms with Gasteiger partial charge < -0.3 is 19.4 Å². The maximum atomic E-state index is 13.7. The molecule has 2 aromatic heterocycles. The van der Waals surface area contributed by atoms with E-state index < -0.39 is 12.5 Å². The molecular weight excluding hydrogens is 417 g/mol. The average Bonchev–Trinajstić information content (AvgIpc) is 3.44. The molecule has 2 fully saturated rings. The topological polar surface area (TPSA) is 113 Å². The minimum absolute atomic E-state index is 0.156. The quantitative estimate of drug-likeness (QED) is 0.645. The molecule has 3 aromatic rings. The highest BCUT2D eigenvalue weighted by Gasteiger charge is 2.53. The van der Waals surface area contributed by atoms with Crippen LogP contribution in [0.1, 0.15) is 13.3 Å². The van der Waals surface area contributed by atoms with Gasteiger partial charge in [0.1, 0.15) is 5.82 Å². The number of aliphatic carboxylic acids is 1. The average molecular weight is 434 g/mol. The zero-order valence-corrected chi connectivity index (χ0v) is 16.6. The lowest BCUT2D eigenvalue weighted by Gasteiger charge is -2.41. The Kier molecular flexibility index (Phi) is 4.17. The van der Waals surface area contributed by atoms with Crippen LogP contribution in [0.4, 0.5) is 15.9 Å². The fourth-order valence-electron chi connectivity index (χ4n) is 4.35. The Balaban J connectivity index is 1.36. The van der Waals surface area contributed by atoms with Crippen LogP contribution in [0, 0.1) is 5.82 Å². The molecule has 1 N–H and O–H groups in total. The third-order valence-corrected chi connectivity index (χ3v) is 5.93. The highest BCUT2D eigenvalue weighted by molar-refractivity contribution is 6.33. The fourth-order valence-corrected chi connectivity index (χ4v) is 4.58. The molecule has 156 valence electrons. The maximum Gasteiger partial charge on any atom is 0.327 e. The van der Waals surface area contributed by atoms with Crippen LogP contribution in [0.2, 0.25) is 5.02 Å². The van der Waals surface area contributed by atoms with E-state index in [0.717, 1.165) is 11.2 Å². The zero-order chi connectivity index (χ0) is 21.0. The number of benzene rings is 1. The number of hydrogen-bond donors (Lipinski definition) is 1. The lowest BCUT2D eigenvalue weighted by atomic mass is 10.0. The molecule has 4 heterocycles. The second kappa shape index (κ2) is 6.66. The molecule has 0 spiro atoms. The third kappa shape index (κ3) is 3.05. The number of nitrogens with zero attached hydrogens (tertiary/aromatic N) is 7. The predicted molar refractivity (Wildman–Crippen MR) is 104 cm³/mol. The lowest BCUT2D eigenvalue weighted by Crippen LogP contribution is -2.53. The largest absolute Gasteiger partial charge is 0.480 e. The third-order valence-electron chi connectivity index (χ3n) is 5.61. The summed E-state index contributed by atoms with van der Waals surface area (Å²) in [4.78, 5) is 16.0. The number of carbonyl (C=O) groups is 1. The summed E-state index contributed by atoms with van der Waals surface area (Å²) in [5.41, 5.74) is 0.466. The number of fused-ring (bicyclic) bond motifs is 2. The van der Waals surface area contributed by atoms with E-state index >= 15 is 0 Å². The smallest absolute Gasteiger partial charge is 0.327 e. The van der Waals surface area contributed by atoms with E-state index in [1.165, 1.54) is 12.1 Å². The number of halogens is 2. The highest BCUT2D eigenvalue weighted by Crippen LogP contribution is 2.45. The molecule has 0 saturated carbocycles. The molecule has 2 unspecified atom stereocenters. The van der Waals surface area contributed by atoms with Crippen molar-refractivity contribution in [3.05, 3.63) is 35.1 Å². The number of rotatable bonds is 5. The first-order valence-electron chi connectivity index (χ1n) is 9.28. The van der Waals surface area contributed by atoms with Gasteiger partial charge in [-0.2, -0.15) is 4.80 Å². The van der Waals surface area contributed by atoms with Crippen molar-refractivity contribution in [1.82, 2.24) is 25.4 Å². The number of carboxylic acids is 1. The van der Waals surface area contributed by atoms with Gasteiger partial charge in [-0.25, -0.2) is 4.39 Å². The summed E-state index contributed by atoms with van der Waals surface area (Å²) < 4.78 is 19.1. The van der Waals surface area contributed by atoms with E-state index in [1.807, 2.05) is 0 Å². The first-order chi connectivity index (χ1) is 14.3. The maximum absolute atomic E-state index is 13.7. The molecular formula is C18H17ClFN7O3. The number of anilines is 2. The van der Waals surface area contributed by atoms with Gasteiger partial charge >= 0.3 is 5.97 Å². The summed E-state index contributed by atoms with van der Waals surface area (Å²) >= 11 is 6.31. The normalized spacial score (nSPS) is 22.8. The summed E-state index contributed by atoms with van der Waals surface area (Å²) in [6, 6.07) is 6.27. The monoisotopic (exact) mass is 433 g/mol. The van der Waals surface area contributed by atoms with E-state index in [0.29, 0.717) is 35.4 Å². The number of tetrazole rings is 1. The van der Waals surface area contributed by atoms with Gasteiger partial charge in [0.15, 0.2) is 12.4 Å². The molecule has 30 heavy (non-hydrogen) atoms. The standard InChI is InChI=1S/C18H17ClFN7O3/c1-18-6-11(25(9-18)13-4-10(20)2-3-12(13)19)7-26(18)15-5-14(30-23-15)17-21-24-27(22-17)8-16(28)29/h2-5,11H,6-9H2,1H3,(H,28,29). The molecule has 0 aliphatic carbocycles. The van der Waals surface area contributed by atoms with Crippen molar-refractivity contribution in [3.63, 3.8) is 0 Å². The van der Waals surface area contributed by atoms with Gasteiger partial charge in [-0.1, -0.05) is 16.8 Å². The van der Waals surface area contributed by atoms with Crippen molar-refractivity contribution in [3.8, 4) is 11.6 Å². The number of aromatic nitrogens is 5. The van der Waals surface area contributed by atoms with Crippen LogP contribution in [0.15, 0.2) is 28.8 Å². The van der Waals surface area contributed by atoms with Gasteiger partial charge in [0.25, 0.3) is 0 Å². The van der Waals surface area contributed by atoms with Crippen molar-refractivity contribution in [2.75, 3.05) is 22.9 Å². The van der Waals surface area contributed by atoms with Gasteiger partial charge in [0, 0.05) is 25.2 Å². The molecule has 2 atom stereocenters. The van der Waals surface area contributed by atoms with Crippen LogP contribution in [0.3, 0.4) is 0 Å².